The summed E-state index contributed by atoms with van der Waals surface area (Å²) in [5.74, 6) is -0.937. The molecule has 5 heteroatoms. The predicted octanol–water partition coefficient (Wildman–Crippen LogP) is 2.25. The molecule has 0 heterocycles. The lowest BCUT2D eigenvalue weighted by atomic mass is 10.2. The zero-order valence-electron chi connectivity index (χ0n) is 11.1. The van der Waals surface area contributed by atoms with Crippen LogP contribution in [0.25, 0.3) is 0 Å². The van der Waals surface area contributed by atoms with E-state index in [1.165, 1.54) is 11.8 Å². The summed E-state index contributed by atoms with van der Waals surface area (Å²) in [6.45, 7) is 1.93. The molecule has 102 valence electrons. The topological polar surface area (TPSA) is 69.6 Å². The lowest BCUT2D eigenvalue weighted by molar-refractivity contribution is -0.132. The number of aliphatic carboxylic acids is 1. The summed E-state index contributed by atoms with van der Waals surface area (Å²) in [5, 5.41) is 11.4. The van der Waals surface area contributed by atoms with Crippen molar-refractivity contribution in [3.8, 4) is 0 Å². The minimum Gasteiger partial charge on any atom is -0.478 e. The number of amides is 2. The molecule has 2 amide bonds. The van der Waals surface area contributed by atoms with Crippen molar-refractivity contribution in [2.24, 2.45) is 0 Å². The van der Waals surface area contributed by atoms with Crippen molar-refractivity contribution in [1.29, 1.82) is 0 Å². The van der Waals surface area contributed by atoms with Crippen molar-refractivity contribution in [3.63, 3.8) is 0 Å². The second kappa shape index (κ2) is 7.20. The Hall–Kier alpha value is -2.30. The van der Waals surface area contributed by atoms with E-state index >= 15 is 0 Å². The number of nitrogens with zero attached hydrogens (tertiary/aromatic N) is 1. The number of nitrogens with one attached hydrogen (secondary N) is 1. The van der Waals surface area contributed by atoms with Gasteiger partial charge in [-0.2, -0.15) is 0 Å². The lowest BCUT2D eigenvalue weighted by Gasteiger charge is -2.17. The van der Waals surface area contributed by atoms with Gasteiger partial charge in [0.1, 0.15) is 0 Å². The van der Waals surface area contributed by atoms with Crippen LogP contribution in [0.4, 0.5) is 10.5 Å². The molecule has 0 atom stereocenters. The van der Waals surface area contributed by atoms with Gasteiger partial charge >= 0.3 is 12.0 Å². The average molecular weight is 262 g/mol. The highest BCUT2D eigenvalue weighted by atomic mass is 16.4. The van der Waals surface area contributed by atoms with Gasteiger partial charge in [0.25, 0.3) is 0 Å². The van der Waals surface area contributed by atoms with Crippen LogP contribution in [-0.2, 0) is 4.79 Å². The van der Waals surface area contributed by atoms with Gasteiger partial charge < -0.3 is 10.4 Å². The summed E-state index contributed by atoms with van der Waals surface area (Å²) in [6, 6.07) is 9.07. The molecule has 0 aliphatic rings. The molecule has 0 saturated heterocycles. The smallest absolute Gasteiger partial charge is 0.330 e. The third-order valence-electron chi connectivity index (χ3n) is 2.66. The van der Waals surface area contributed by atoms with Crippen LogP contribution in [0.5, 0.6) is 0 Å². The number of rotatable bonds is 5. The van der Waals surface area contributed by atoms with E-state index in [0.29, 0.717) is 13.0 Å². The van der Waals surface area contributed by atoms with Gasteiger partial charge in [-0.05, 0) is 25.5 Å². The third-order valence-corrected chi connectivity index (χ3v) is 2.66. The number of carbonyl (C=O) groups excluding carboxylic acids is 1. The molecule has 1 aromatic rings. The summed E-state index contributed by atoms with van der Waals surface area (Å²) < 4.78 is 0. The molecule has 1 aromatic carbocycles. The first-order valence-electron chi connectivity index (χ1n) is 5.99. The van der Waals surface area contributed by atoms with Gasteiger partial charge in [0, 0.05) is 24.9 Å². The molecule has 1 rings (SSSR count). The molecule has 0 spiro atoms. The van der Waals surface area contributed by atoms with Gasteiger partial charge in [-0.25, -0.2) is 9.59 Å². The summed E-state index contributed by atoms with van der Waals surface area (Å²) in [4.78, 5) is 23.9. The number of urea groups is 1. The maximum absolute atomic E-state index is 11.8. The van der Waals surface area contributed by atoms with Crippen molar-refractivity contribution < 1.29 is 14.7 Å². The Morgan fingerprint density at radius 1 is 1.32 bits per heavy atom. The molecule has 0 fully saturated rings. The first-order chi connectivity index (χ1) is 9.02. The molecule has 0 aromatic heterocycles. The van der Waals surface area contributed by atoms with Crippen LogP contribution in [0.1, 0.15) is 13.3 Å². The summed E-state index contributed by atoms with van der Waals surface area (Å²) in [5.41, 5.74) is 1.09. The van der Waals surface area contributed by atoms with Crippen LogP contribution in [0.15, 0.2) is 42.0 Å². The number of carbonyl (C=O) groups is 2. The predicted molar refractivity (Wildman–Crippen MR) is 74.3 cm³/mol. The molecule has 0 aliphatic heterocycles. The van der Waals surface area contributed by atoms with Crippen LogP contribution in [-0.4, -0.2) is 30.7 Å². The molecular weight excluding hydrogens is 244 g/mol. The Kier molecular flexibility index (Phi) is 5.60. The van der Waals surface area contributed by atoms with Crippen molar-refractivity contribution in [1.82, 2.24) is 5.32 Å². The molecule has 0 saturated carbocycles. The minimum atomic E-state index is -0.937. The molecule has 0 unspecified atom stereocenters. The Morgan fingerprint density at radius 2 is 1.95 bits per heavy atom. The van der Waals surface area contributed by atoms with Gasteiger partial charge in [0.2, 0.25) is 0 Å². The molecule has 0 radical (unpaired) electrons. The zero-order chi connectivity index (χ0) is 14.3. The van der Waals surface area contributed by atoms with Gasteiger partial charge in [0.15, 0.2) is 0 Å². The van der Waals surface area contributed by atoms with Gasteiger partial charge in [-0.15, -0.1) is 0 Å². The Morgan fingerprint density at radius 3 is 2.53 bits per heavy atom. The first-order valence-corrected chi connectivity index (χ1v) is 5.99. The minimum absolute atomic E-state index is 0.215. The maximum Gasteiger partial charge on any atom is 0.330 e. The van der Waals surface area contributed by atoms with Crippen LogP contribution < -0.4 is 10.2 Å². The Bertz CT molecular complexity index is 469. The highest BCUT2D eigenvalue weighted by molar-refractivity contribution is 5.91. The van der Waals surface area contributed by atoms with Crippen molar-refractivity contribution in [3.05, 3.63) is 42.0 Å². The maximum atomic E-state index is 11.8. The van der Waals surface area contributed by atoms with E-state index in [9.17, 15) is 9.59 Å². The van der Waals surface area contributed by atoms with E-state index in [2.05, 4.69) is 5.32 Å². The number of benzene rings is 1. The fraction of sp³-hybridized carbons (Fsp3) is 0.286. The van der Waals surface area contributed by atoms with Crippen molar-refractivity contribution >= 4 is 17.7 Å². The van der Waals surface area contributed by atoms with E-state index in [1.807, 2.05) is 30.3 Å². The van der Waals surface area contributed by atoms with Gasteiger partial charge in [-0.1, -0.05) is 24.3 Å². The molecule has 0 bridgehead atoms. The molecule has 19 heavy (non-hydrogen) atoms. The normalized spacial score (nSPS) is 10.9. The quantitative estimate of drug-likeness (QED) is 0.631. The summed E-state index contributed by atoms with van der Waals surface area (Å²) in [7, 11) is 1.68. The molecule has 0 aliphatic carbocycles. The van der Waals surface area contributed by atoms with E-state index in [1.54, 1.807) is 13.1 Å². The zero-order valence-corrected chi connectivity index (χ0v) is 11.1. The number of carboxylic acid groups (broad SMARTS) is 1. The second-order valence-corrected chi connectivity index (χ2v) is 4.11. The number of anilines is 1. The SMILES string of the molecule is C/C(=C\CCNC(=O)N(C)c1ccccc1)C(=O)O. The van der Waals surface area contributed by atoms with E-state index < -0.39 is 5.97 Å². The highest BCUT2D eigenvalue weighted by Gasteiger charge is 2.08. The average Bonchev–Trinajstić information content (AvgIpc) is 2.43. The Balaban J connectivity index is 2.40. The second-order valence-electron chi connectivity index (χ2n) is 4.11. The van der Waals surface area contributed by atoms with Crippen LogP contribution in [0, 0.1) is 0 Å². The molecular formula is C14H18N2O3. The monoisotopic (exact) mass is 262 g/mol. The van der Waals surface area contributed by atoms with Gasteiger partial charge in [-0.3, -0.25) is 4.90 Å². The van der Waals surface area contributed by atoms with Crippen molar-refractivity contribution in [2.45, 2.75) is 13.3 Å². The number of hydrogen-bond donors (Lipinski definition) is 2. The largest absolute Gasteiger partial charge is 0.478 e. The first kappa shape index (κ1) is 14.8. The van der Waals surface area contributed by atoms with Crippen LogP contribution in [0.2, 0.25) is 0 Å². The van der Waals surface area contributed by atoms with E-state index in [-0.39, 0.29) is 11.6 Å². The highest BCUT2D eigenvalue weighted by Crippen LogP contribution is 2.10. The van der Waals surface area contributed by atoms with Crippen LogP contribution >= 0.6 is 0 Å². The number of para-hydroxylation sites is 1. The summed E-state index contributed by atoms with van der Waals surface area (Å²) in [6.07, 6.45) is 2.08. The lowest BCUT2D eigenvalue weighted by Crippen LogP contribution is -2.37. The number of carboxylic acids is 1. The van der Waals surface area contributed by atoms with E-state index in [4.69, 9.17) is 5.11 Å². The van der Waals surface area contributed by atoms with Crippen molar-refractivity contribution in [2.75, 3.05) is 18.5 Å². The summed E-state index contributed by atoms with van der Waals surface area (Å²) >= 11 is 0. The van der Waals surface area contributed by atoms with Crippen LogP contribution in [0.3, 0.4) is 0 Å². The molecule has 2 N–H and O–H groups in total. The third kappa shape index (κ3) is 4.83. The molecule has 5 nitrogen and oxygen atoms in total. The fourth-order valence-electron chi connectivity index (χ4n) is 1.44. The fourth-order valence-corrected chi connectivity index (χ4v) is 1.44. The Labute approximate surface area is 112 Å². The standard InChI is InChI=1S/C14H18N2O3/c1-11(13(17)18)7-6-10-15-14(19)16(2)12-8-4-3-5-9-12/h3-5,7-9H,6,10H2,1-2H3,(H,15,19)(H,17,18)/b11-7+. The number of hydrogen-bond acceptors (Lipinski definition) is 2. The van der Waals surface area contributed by atoms with E-state index in [0.717, 1.165) is 5.69 Å². The van der Waals surface area contributed by atoms with Gasteiger partial charge in [0.05, 0.1) is 0 Å².